The fourth-order valence-electron chi connectivity index (χ4n) is 1.27. The Morgan fingerprint density at radius 3 is 2.35 bits per heavy atom. The van der Waals surface area contributed by atoms with E-state index < -0.39 is 0 Å². The summed E-state index contributed by atoms with van der Waals surface area (Å²) in [6, 6.07) is 8.02. The summed E-state index contributed by atoms with van der Waals surface area (Å²) in [7, 11) is 0. The molecule has 2 fully saturated rings. The van der Waals surface area contributed by atoms with E-state index in [9.17, 15) is 0 Å². The molecule has 0 bridgehead atoms. The van der Waals surface area contributed by atoms with Gasteiger partial charge < -0.3 is 19.9 Å². The van der Waals surface area contributed by atoms with Gasteiger partial charge in [0, 0.05) is 6.54 Å². The number of para-hydroxylation sites is 1. The normalized spacial score (nSPS) is 24.6. The molecule has 0 amide bonds. The van der Waals surface area contributed by atoms with Crippen LogP contribution in [0.5, 0.6) is 5.75 Å². The Morgan fingerprint density at radius 1 is 1.24 bits per heavy atom. The molecule has 2 unspecified atom stereocenters. The number of hydrogen-bond donors (Lipinski definition) is 1. The Labute approximate surface area is 102 Å². The lowest BCUT2D eigenvalue weighted by atomic mass is 10.2. The summed E-state index contributed by atoms with van der Waals surface area (Å²) in [6.07, 6.45) is 0.750. The van der Waals surface area contributed by atoms with Gasteiger partial charge in [0.25, 0.3) is 0 Å². The third kappa shape index (κ3) is 4.73. The number of benzene rings is 1. The maximum atomic E-state index is 5.54. The first-order valence-electron chi connectivity index (χ1n) is 5.91. The van der Waals surface area contributed by atoms with Gasteiger partial charge in [-0.05, 0) is 18.6 Å². The Hall–Kier alpha value is -1.10. The maximum Gasteiger partial charge on any atom is 0.122 e. The van der Waals surface area contributed by atoms with Crippen molar-refractivity contribution in [3.8, 4) is 5.75 Å². The van der Waals surface area contributed by atoms with Gasteiger partial charge >= 0.3 is 0 Å². The van der Waals surface area contributed by atoms with Crippen LogP contribution < -0.4 is 10.5 Å². The molecule has 0 aromatic heterocycles. The van der Waals surface area contributed by atoms with Crippen LogP contribution in [-0.2, 0) is 9.47 Å². The van der Waals surface area contributed by atoms with Crippen LogP contribution in [0.15, 0.2) is 24.3 Å². The molecule has 1 aromatic rings. The lowest BCUT2D eigenvalue weighted by Gasteiger charge is -2.06. The van der Waals surface area contributed by atoms with E-state index in [4.69, 9.17) is 19.9 Å². The van der Waals surface area contributed by atoms with Gasteiger partial charge in [-0.2, -0.15) is 0 Å². The molecule has 94 valence electrons. The summed E-state index contributed by atoms with van der Waals surface area (Å²) in [5.41, 5.74) is 6.29. The lowest BCUT2D eigenvalue weighted by Crippen LogP contribution is -2.05. The molecule has 2 heterocycles. The molecule has 2 N–H and O–H groups in total. The Morgan fingerprint density at radius 2 is 1.88 bits per heavy atom. The highest BCUT2D eigenvalue weighted by molar-refractivity contribution is 5.31. The number of epoxide rings is 2. The molecular weight excluding hydrogens is 218 g/mol. The van der Waals surface area contributed by atoms with E-state index in [0.717, 1.165) is 19.0 Å². The zero-order valence-corrected chi connectivity index (χ0v) is 10.1. The first-order chi connectivity index (χ1) is 8.29. The second kappa shape index (κ2) is 6.00. The largest absolute Gasteiger partial charge is 0.491 e. The average molecular weight is 237 g/mol. The summed E-state index contributed by atoms with van der Waals surface area (Å²) in [4.78, 5) is 0. The van der Waals surface area contributed by atoms with Crippen molar-refractivity contribution in [1.82, 2.24) is 0 Å². The molecule has 2 aliphatic rings. The molecule has 2 saturated heterocycles. The molecule has 4 heteroatoms. The summed E-state index contributed by atoms with van der Waals surface area (Å²) in [5, 5.41) is 0. The fraction of sp³-hybridized carbons (Fsp3) is 0.538. The molecule has 4 nitrogen and oxygen atoms in total. The second-order valence-corrected chi connectivity index (χ2v) is 4.22. The zero-order valence-electron chi connectivity index (χ0n) is 10.1. The first kappa shape index (κ1) is 12.4. The zero-order chi connectivity index (χ0) is 12.1. The summed E-state index contributed by atoms with van der Waals surface area (Å²) in [5.74, 6) is 0.966. The molecule has 17 heavy (non-hydrogen) atoms. The topological polar surface area (TPSA) is 60.3 Å². The molecule has 0 radical (unpaired) electrons. The third-order valence-corrected chi connectivity index (χ3v) is 2.59. The minimum atomic E-state index is 0.338. The summed E-state index contributed by atoms with van der Waals surface area (Å²) >= 11 is 0. The second-order valence-electron chi connectivity index (χ2n) is 4.22. The van der Waals surface area contributed by atoms with Gasteiger partial charge in [-0.25, -0.2) is 0 Å². The standard InChI is InChI=1S/C10H12O2.C3H7NO/c1-8-4-2-3-5-10(8)12-7-9-6-11-9;4-1-3-2-5-3/h2-5,9H,6-7H2,1H3;3H,1-2,4H2. The van der Waals surface area contributed by atoms with E-state index in [0.29, 0.717) is 25.4 Å². The third-order valence-electron chi connectivity index (χ3n) is 2.59. The van der Waals surface area contributed by atoms with Gasteiger partial charge in [-0.3, -0.25) is 0 Å². The molecule has 0 spiro atoms. The highest BCUT2D eigenvalue weighted by Crippen LogP contribution is 2.18. The van der Waals surface area contributed by atoms with E-state index in [-0.39, 0.29) is 0 Å². The van der Waals surface area contributed by atoms with Crippen molar-refractivity contribution < 1.29 is 14.2 Å². The van der Waals surface area contributed by atoms with Crippen LogP contribution in [0.4, 0.5) is 0 Å². The highest BCUT2D eigenvalue weighted by atomic mass is 16.6. The monoisotopic (exact) mass is 237 g/mol. The quantitative estimate of drug-likeness (QED) is 0.797. The van der Waals surface area contributed by atoms with Crippen molar-refractivity contribution in [1.29, 1.82) is 0 Å². The van der Waals surface area contributed by atoms with Crippen molar-refractivity contribution >= 4 is 0 Å². The molecule has 2 aliphatic heterocycles. The van der Waals surface area contributed by atoms with Crippen molar-refractivity contribution in [2.24, 2.45) is 5.73 Å². The average Bonchev–Trinajstić information content (AvgIpc) is 3.21. The van der Waals surface area contributed by atoms with Gasteiger partial charge in [0.15, 0.2) is 0 Å². The van der Waals surface area contributed by atoms with E-state index >= 15 is 0 Å². The molecule has 0 saturated carbocycles. The highest BCUT2D eigenvalue weighted by Gasteiger charge is 2.23. The van der Waals surface area contributed by atoms with Crippen molar-refractivity contribution in [3.05, 3.63) is 29.8 Å². The van der Waals surface area contributed by atoms with Gasteiger partial charge in [0.1, 0.15) is 18.5 Å². The van der Waals surface area contributed by atoms with Gasteiger partial charge in [-0.15, -0.1) is 0 Å². The van der Waals surface area contributed by atoms with Gasteiger partial charge in [-0.1, -0.05) is 18.2 Å². The molecule has 3 rings (SSSR count). The minimum Gasteiger partial charge on any atom is -0.491 e. The summed E-state index contributed by atoms with van der Waals surface area (Å²) in [6.45, 7) is 5.16. The Bertz CT molecular complexity index is 348. The van der Waals surface area contributed by atoms with Crippen LogP contribution in [0.1, 0.15) is 5.56 Å². The van der Waals surface area contributed by atoms with E-state index in [1.54, 1.807) is 0 Å². The van der Waals surface area contributed by atoms with Crippen LogP contribution in [0.2, 0.25) is 0 Å². The number of hydrogen-bond acceptors (Lipinski definition) is 4. The van der Waals surface area contributed by atoms with E-state index in [2.05, 4.69) is 0 Å². The van der Waals surface area contributed by atoms with E-state index in [1.807, 2.05) is 31.2 Å². The maximum absolute atomic E-state index is 5.54. The molecule has 0 aliphatic carbocycles. The molecule has 2 atom stereocenters. The summed E-state index contributed by atoms with van der Waals surface area (Å²) < 4.78 is 15.3. The predicted octanol–water partition coefficient (Wildman–Crippen LogP) is 1.12. The number of nitrogens with two attached hydrogens (primary N) is 1. The smallest absolute Gasteiger partial charge is 0.122 e. The Kier molecular flexibility index (Phi) is 4.36. The van der Waals surface area contributed by atoms with Crippen molar-refractivity contribution in [2.45, 2.75) is 19.1 Å². The number of aryl methyl sites for hydroxylation is 1. The number of ether oxygens (including phenoxy) is 3. The SMILES string of the molecule is Cc1ccccc1OCC1CO1.NCC1CO1. The van der Waals surface area contributed by atoms with Gasteiger partial charge in [0.05, 0.1) is 19.3 Å². The minimum absolute atomic E-state index is 0.338. The van der Waals surface area contributed by atoms with E-state index in [1.165, 1.54) is 5.56 Å². The molecular formula is C13H19NO3. The van der Waals surface area contributed by atoms with Crippen LogP contribution >= 0.6 is 0 Å². The predicted molar refractivity (Wildman–Crippen MR) is 65.2 cm³/mol. The molecule has 1 aromatic carbocycles. The fourth-order valence-corrected chi connectivity index (χ4v) is 1.27. The van der Waals surface area contributed by atoms with Gasteiger partial charge in [0.2, 0.25) is 0 Å². The van der Waals surface area contributed by atoms with Crippen LogP contribution in [0.3, 0.4) is 0 Å². The van der Waals surface area contributed by atoms with Crippen LogP contribution in [0.25, 0.3) is 0 Å². The Balaban J connectivity index is 0.000000181. The number of rotatable bonds is 4. The van der Waals surface area contributed by atoms with Crippen molar-refractivity contribution in [2.75, 3.05) is 26.4 Å². The first-order valence-corrected chi connectivity index (χ1v) is 5.91. The van der Waals surface area contributed by atoms with Crippen LogP contribution in [-0.4, -0.2) is 38.6 Å². The lowest BCUT2D eigenvalue weighted by molar-refractivity contribution is 0.262. The van der Waals surface area contributed by atoms with Crippen LogP contribution in [0, 0.1) is 6.92 Å². The van der Waals surface area contributed by atoms with Crippen molar-refractivity contribution in [3.63, 3.8) is 0 Å².